The lowest BCUT2D eigenvalue weighted by Gasteiger charge is -2.57. The average molecular weight is 287 g/mol. The molecule has 0 unspecified atom stereocenters. The van der Waals surface area contributed by atoms with Gasteiger partial charge in [0, 0.05) is 19.5 Å². The van der Waals surface area contributed by atoms with Crippen molar-refractivity contribution in [2.24, 2.45) is 28.9 Å². The molecule has 110 valence electrons. The van der Waals surface area contributed by atoms with Crippen LogP contribution in [-0.4, -0.2) is 19.0 Å². The van der Waals surface area contributed by atoms with Gasteiger partial charge >= 0.3 is 0 Å². The Bertz CT molecular complexity index is 297. The lowest BCUT2D eigenvalue weighted by atomic mass is 9.49. The van der Waals surface area contributed by atoms with Crippen LogP contribution in [0, 0.1) is 23.2 Å². The number of rotatable bonds is 5. The number of carbonyl (C=O) groups is 1. The van der Waals surface area contributed by atoms with Gasteiger partial charge in [-0.2, -0.15) is 0 Å². The van der Waals surface area contributed by atoms with E-state index in [0.717, 1.165) is 24.3 Å². The molecule has 4 saturated carbocycles. The quantitative estimate of drug-likeness (QED) is 0.816. The molecule has 4 aliphatic rings. The summed E-state index contributed by atoms with van der Waals surface area (Å²) in [5.41, 5.74) is 5.97. The van der Waals surface area contributed by atoms with Gasteiger partial charge in [-0.15, -0.1) is 12.4 Å². The Hall–Kier alpha value is -0.280. The minimum atomic E-state index is 0. The van der Waals surface area contributed by atoms with E-state index in [1.807, 2.05) is 0 Å². The summed E-state index contributed by atoms with van der Waals surface area (Å²) in [7, 11) is 0. The molecular weight excluding hydrogens is 260 g/mol. The summed E-state index contributed by atoms with van der Waals surface area (Å²) in [6, 6.07) is 0. The molecule has 0 aliphatic heterocycles. The van der Waals surface area contributed by atoms with Crippen LogP contribution < -0.4 is 11.1 Å². The van der Waals surface area contributed by atoms with Gasteiger partial charge in [-0.1, -0.05) is 0 Å². The van der Waals surface area contributed by atoms with Gasteiger partial charge < -0.3 is 11.1 Å². The van der Waals surface area contributed by atoms with Gasteiger partial charge in [-0.25, -0.2) is 0 Å². The molecule has 0 radical (unpaired) electrons. The Balaban J connectivity index is 0.00000133. The number of nitrogens with one attached hydrogen (secondary N) is 1. The van der Waals surface area contributed by atoms with E-state index in [1.54, 1.807) is 0 Å². The zero-order valence-corrected chi connectivity index (χ0v) is 12.5. The third kappa shape index (κ3) is 3.25. The second kappa shape index (κ2) is 6.01. The van der Waals surface area contributed by atoms with E-state index in [1.165, 1.54) is 44.9 Å². The van der Waals surface area contributed by atoms with Crippen LogP contribution in [0.15, 0.2) is 0 Å². The maximum absolute atomic E-state index is 11.4. The highest BCUT2D eigenvalue weighted by molar-refractivity contribution is 5.85. The molecule has 0 heterocycles. The van der Waals surface area contributed by atoms with Crippen molar-refractivity contribution in [3.8, 4) is 0 Å². The molecule has 0 aromatic heterocycles. The molecule has 4 fully saturated rings. The van der Waals surface area contributed by atoms with Crippen LogP contribution in [0.4, 0.5) is 0 Å². The molecule has 4 heteroatoms. The summed E-state index contributed by atoms with van der Waals surface area (Å²) < 4.78 is 0. The molecule has 4 rings (SSSR count). The molecule has 3 N–H and O–H groups in total. The fourth-order valence-electron chi connectivity index (χ4n) is 5.28. The van der Waals surface area contributed by atoms with Gasteiger partial charge in [0.25, 0.3) is 0 Å². The Labute approximate surface area is 122 Å². The predicted molar refractivity (Wildman–Crippen MR) is 79.2 cm³/mol. The van der Waals surface area contributed by atoms with Gasteiger partial charge in [0.05, 0.1) is 0 Å². The molecule has 4 bridgehead atoms. The molecule has 1 amide bonds. The zero-order valence-electron chi connectivity index (χ0n) is 11.7. The Morgan fingerprint density at radius 2 is 1.63 bits per heavy atom. The summed E-state index contributed by atoms with van der Waals surface area (Å²) in [4.78, 5) is 11.4. The molecule has 0 aromatic rings. The van der Waals surface area contributed by atoms with Gasteiger partial charge in [0.2, 0.25) is 5.91 Å². The van der Waals surface area contributed by atoms with Crippen LogP contribution in [0.5, 0.6) is 0 Å². The van der Waals surface area contributed by atoms with Crippen LogP contribution >= 0.6 is 12.4 Å². The van der Waals surface area contributed by atoms with Crippen molar-refractivity contribution in [1.82, 2.24) is 5.32 Å². The first-order chi connectivity index (χ1) is 8.69. The largest absolute Gasteiger partial charge is 0.356 e. The minimum Gasteiger partial charge on any atom is -0.356 e. The highest BCUT2D eigenvalue weighted by atomic mass is 35.5. The van der Waals surface area contributed by atoms with Crippen LogP contribution in [0.1, 0.15) is 51.4 Å². The molecule has 0 atom stereocenters. The molecule has 19 heavy (non-hydrogen) atoms. The molecule has 0 saturated heterocycles. The van der Waals surface area contributed by atoms with Gasteiger partial charge in [-0.05, 0) is 68.1 Å². The normalized spacial score (nSPS) is 38.9. The Morgan fingerprint density at radius 1 is 1.11 bits per heavy atom. The summed E-state index contributed by atoms with van der Waals surface area (Å²) in [6.07, 6.45) is 10.5. The topological polar surface area (TPSA) is 55.1 Å². The highest BCUT2D eigenvalue weighted by Crippen LogP contribution is 2.61. The van der Waals surface area contributed by atoms with Crippen LogP contribution in [0.25, 0.3) is 0 Å². The van der Waals surface area contributed by atoms with Crippen LogP contribution in [0.2, 0.25) is 0 Å². The summed E-state index contributed by atoms with van der Waals surface area (Å²) in [5.74, 6) is 3.16. The van der Waals surface area contributed by atoms with E-state index in [2.05, 4.69) is 5.32 Å². The monoisotopic (exact) mass is 286 g/mol. The predicted octanol–water partition coefficient (Wildman–Crippen LogP) is 2.48. The van der Waals surface area contributed by atoms with Crippen LogP contribution in [-0.2, 0) is 4.79 Å². The Morgan fingerprint density at radius 3 is 2.11 bits per heavy atom. The van der Waals surface area contributed by atoms with Crippen molar-refractivity contribution in [2.45, 2.75) is 51.4 Å². The van der Waals surface area contributed by atoms with E-state index in [9.17, 15) is 4.79 Å². The van der Waals surface area contributed by atoms with Crippen molar-refractivity contribution in [3.63, 3.8) is 0 Å². The van der Waals surface area contributed by atoms with E-state index < -0.39 is 0 Å². The first-order valence-corrected chi connectivity index (χ1v) is 7.66. The van der Waals surface area contributed by atoms with Crippen molar-refractivity contribution in [1.29, 1.82) is 0 Å². The van der Waals surface area contributed by atoms with Crippen molar-refractivity contribution >= 4 is 18.3 Å². The van der Waals surface area contributed by atoms with Crippen molar-refractivity contribution < 1.29 is 4.79 Å². The second-order valence-electron chi connectivity index (χ2n) is 7.06. The van der Waals surface area contributed by atoms with E-state index >= 15 is 0 Å². The van der Waals surface area contributed by atoms with Crippen LogP contribution in [0.3, 0.4) is 0 Å². The maximum atomic E-state index is 11.4. The van der Waals surface area contributed by atoms with Crippen molar-refractivity contribution in [2.75, 3.05) is 13.1 Å². The number of hydrogen-bond donors (Lipinski definition) is 2. The van der Waals surface area contributed by atoms with E-state index in [0.29, 0.717) is 18.4 Å². The third-order valence-corrected chi connectivity index (χ3v) is 5.51. The van der Waals surface area contributed by atoms with Gasteiger partial charge in [0.1, 0.15) is 0 Å². The molecule has 0 aromatic carbocycles. The lowest BCUT2D eigenvalue weighted by Crippen LogP contribution is -2.47. The smallest absolute Gasteiger partial charge is 0.221 e. The number of amides is 1. The zero-order chi connectivity index (χ0) is 12.6. The highest BCUT2D eigenvalue weighted by Gasteiger charge is 2.50. The number of carbonyl (C=O) groups excluding carboxylic acids is 1. The minimum absolute atomic E-state index is 0. The summed E-state index contributed by atoms with van der Waals surface area (Å²) in [5, 5.41) is 3.04. The lowest BCUT2D eigenvalue weighted by molar-refractivity contribution is -0.121. The molecule has 0 spiro atoms. The van der Waals surface area contributed by atoms with E-state index in [-0.39, 0.29) is 18.3 Å². The van der Waals surface area contributed by atoms with Gasteiger partial charge in [0.15, 0.2) is 0 Å². The Kier molecular flexibility index (Phi) is 4.78. The molecular formula is C15H27ClN2O. The third-order valence-electron chi connectivity index (χ3n) is 5.51. The summed E-state index contributed by atoms with van der Waals surface area (Å²) >= 11 is 0. The second-order valence-corrected chi connectivity index (χ2v) is 7.06. The first-order valence-electron chi connectivity index (χ1n) is 7.66. The fraction of sp³-hybridized carbons (Fsp3) is 0.933. The van der Waals surface area contributed by atoms with Crippen molar-refractivity contribution in [3.05, 3.63) is 0 Å². The number of nitrogens with two attached hydrogens (primary N) is 1. The maximum Gasteiger partial charge on any atom is 0.221 e. The molecule has 3 nitrogen and oxygen atoms in total. The molecule has 4 aliphatic carbocycles. The number of halogens is 1. The summed E-state index contributed by atoms with van der Waals surface area (Å²) in [6.45, 7) is 1.33. The standard InChI is InChI=1S/C15H26N2O.ClH/c16-3-1-14(18)17-4-2-15-8-11-5-12(9-15)7-13(6-11)10-15;/h11-13H,1-10,16H2,(H,17,18);1H. The van der Waals surface area contributed by atoms with Gasteiger partial charge in [-0.3, -0.25) is 4.79 Å². The first kappa shape index (κ1) is 15.1. The average Bonchev–Trinajstić information content (AvgIpc) is 2.26. The SMILES string of the molecule is Cl.NCCC(=O)NCCC12CC3CC(CC(C3)C1)C2. The fourth-order valence-corrected chi connectivity index (χ4v) is 5.28. The number of hydrogen-bond acceptors (Lipinski definition) is 2. The van der Waals surface area contributed by atoms with E-state index in [4.69, 9.17) is 5.73 Å².